The number of alkyl halides is 3. The van der Waals surface area contributed by atoms with Gasteiger partial charge in [-0.2, -0.15) is 18.3 Å². The largest absolute Gasteiger partial charge is 0.435 e. The molecule has 0 aromatic carbocycles. The van der Waals surface area contributed by atoms with Crippen LogP contribution in [0.15, 0.2) is 6.07 Å². The predicted octanol–water partition coefficient (Wildman–Crippen LogP) is 2.56. The number of nitrogens with two attached hydrogens (primary N) is 1. The van der Waals surface area contributed by atoms with Gasteiger partial charge in [0.05, 0.1) is 11.2 Å². The topological polar surface area (TPSA) is 43.8 Å². The van der Waals surface area contributed by atoms with E-state index in [1.165, 1.54) is 11.7 Å². The van der Waals surface area contributed by atoms with Crippen LogP contribution in [0.25, 0.3) is 0 Å². The van der Waals surface area contributed by atoms with Gasteiger partial charge in [-0.3, -0.25) is 4.68 Å². The minimum Gasteiger partial charge on any atom is -0.320 e. The van der Waals surface area contributed by atoms with Crippen LogP contribution in [0.5, 0.6) is 0 Å². The molecule has 0 atom stereocenters. The van der Waals surface area contributed by atoms with Crippen LogP contribution >= 0.6 is 0 Å². The molecule has 1 saturated carbocycles. The van der Waals surface area contributed by atoms with E-state index in [9.17, 15) is 13.2 Å². The molecule has 0 amide bonds. The number of rotatable bonds is 1. The molecule has 17 heavy (non-hydrogen) atoms. The molecule has 0 aliphatic heterocycles. The Bertz CT molecular complexity index is 403. The lowest BCUT2D eigenvalue weighted by Crippen LogP contribution is -2.40. The molecule has 3 nitrogen and oxygen atoms in total. The van der Waals surface area contributed by atoms with Crippen LogP contribution in [0.3, 0.4) is 0 Å². The molecule has 2 rings (SSSR count). The lowest BCUT2D eigenvalue weighted by molar-refractivity contribution is -0.141. The lowest BCUT2D eigenvalue weighted by atomic mass is 9.80. The molecule has 0 radical (unpaired) electrons. The molecule has 2 N–H and O–H groups in total. The molecule has 0 spiro atoms. The molecule has 96 valence electrons. The van der Waals surface area contributed by atoms with Gasteiger partial charge in [0.1, 0.15) is 0 Å². The minimum absolute atomic E-state index is 0.490. The van der Waals surface area contributed by atoms with E-state index < -0.39 is 17.4 Å². The second-order valence-electron chi connectivity index (χ2n) is 4.75. The maximum Gasteiger partial charge on any atom is 0.435 e. The van der Waals surface area contributed by atoms with Crippen molar-refractivity contribution in [2.75, 3.05) is 0 Å². The van der Waals surface area contributed by atoms with E-state index in [1.807, 2.05) is 0 Å². The van der Waals surface area contributed by atoms with Crippen LogP contribution in [0, 0.1) is 0 Å². The van der Waals surface area contributed by atoms with Gasteiger partial charge in [0, 0.05) is 7.05 Å². The number of aromatic nitrogens is 2. The van der Waals surface area contributed by atoms with Crippen molar-refractivity contribution in [3.8, 4) is 0 Å². The second kappa shape index (κ2) is 4.01. The minimum atomic E-state index is -4.40. The van der Waals surface area contributed by atoms with E-state index in [4.69, 9.17) is 5.73 Å². The maximum absolute atomic E-state index is 12.6. The van der Waals surface area contributed by atoms with Gasteiger partial charge in [0.25, 0.3) is 0 Å². The second-order valence-corrected chi connectivity index (χ2v) is 4.75. The highest BCUT2D eigenvalue weighted by molar-refractivity contribution is 5.21. The van der Waals surface area contributed by atoms with Crippen molar-refractivity contribution in [3.05, 3.63) is 17.5 Å². The van der Waals surface area contributed by atoms with Crippen molar-refractivity contribution in [1.82, 2.24) is 9.78 Å². The van der Waals surface area contributed by atoms with Crippen LogP contribution in [-0.4, -0.2) is 9.78 Å². The summed E-state index contributed by atoms with van der Waals surface area (Å²) < 4.78 is 38.9. The quantitative estimate of drug-likeness (QED) is 0.828. The van der Waals surface area contributed by atoms with Crippen molar-refractivity contribution in [2.24, 2.45) is 12.8 Å². The number of aryl methyl sites for hydroxylation is 1. The normalized spacial score (nSPS) is 20.5. The third kappa shape index (κ3) is 2.31. The molecule has 0 bridgehead atoms. The average molecular weight is 247 g/mol. The van der Waals surface area contributed by atoms with Crippen molar-refractivity contribution in [3.63, 3.8) is 0 Å². The maximum atomic E-state index is 12.6. The fourth-order valence-electron chi connectivity index (χ4n) is 2.51. The number of hydrogen-bond donors (Lipinski definition) is 1. The summed E-state index contributed by atoms with van der Waals surface area (Å²) in [5.41, 5.74) is 5.19. The lowest BCUT2D eigenvalue weighted by Gasteiger charge is -2.33. The molecular weight excluding hydrogens is 231 g/mol. The van der Waals surface area contributed by atoms with Gasteiger partial charge in [-0.1, -0.05) is 19.3 Å². The Labute approximate surface area is 97.8 Å². The van der Waals surface area contributed by atoms with Crippen molar-refractivity contribution < 1.29 is 13.2 Å². The summed E-state index contributed by atoms with van der Waals surface area (Å²) in [5, 5.41) is 3.51. The number of nitrogens with zero attached hydrogens (tertiary/aromatic N) is 2. The van der Waals surface area contributed by atoms with Gasteiger partial charge in [-0.15, -0.1) is 0 Å². The molecule has 1 heterocycles. The Kier molecular flexibility index (Phi) is 2.93. The Balaban J connectivity index is 2.35. The summed E-state index contributed by atoms with van der Waals surface area (Å²) in [6.45, 7) is 0. The predicted molar refractivity (Wildman–Crippen MR) is 57.2 cm³/mol. The Morgan fingerprint density at radius 2 is 1.88 bits per heavy atom. The molecular formula is C11H16F3N3. The van der Waals surface area contributed by atoms with E-state index in [1.54, 1.807) is 0 Å². The smallest absolute Gasteiger partial charge is 0.320 e. The van der Waals surface area contributed by atoms with Crippen LogP contribution < -0.4 is 5.73 Å². The zero-order chi connectivity index (χ0) is 12.7. The molecule has 1 fully saturated rings. The highest BCUT2D eigenvalue weighted by Crippen LogP contribution is 2.37. The first-order valence-electron chi connectivity index (χ1n) is 5.73. The van der Waals surface area contributed by atoms with E-state index in [-0.39, 0.29) is 0 Å². The summed E-state index contributed by atoms with van der Waals surface area (Å²) in [4.78, 5) is 0. The molecule has 0 saturated heterocycles. The van der Waals surface area contributed by atoms with Crippen molar-refractivity contribution in [1.29, 1.82) is 0 Å². The van der Waals surface area contributed by atoms with Gasteiger partial charge < -0.3 is 5.73 Å². The first kappa shape index (κ1) is 12.4. The first-order chi connectivity index (χ1) is 7.83. The van der Waals surface area contributed by atoms with Crippen LogP contribution in [-0.2, 0) is 18.8 Å². The highest BCUT2D eigenvalue weighted by atomic mass is 19.4. The number of hydrogen-bond acceptors (Lipinski definition) is 2. The van der Waals surface area contributed by atoms with Gasteiger partial charge in [0.15, 0.2) is 5.69 Å². The highest BCUT2D eigenvalue weighted by Gasteiger charge is 2.39. The molecule has 1 aliphatic carbocycles. The zero-order valence-corrected chi connectivity index (χ0v) is 9.72. The monoisotopic (exact) mass is 247 g/mol. The summed E-state index contributed by atoms with van der Waals surface area (Å²) in [5.74, 6) is 0. The van der Waals surface area contributed by atoms with E-state index in [2.05, 4.69) is 5.10 Å². The summed E-state index contributed by atoms with van der Waals surface area (Å²) >= 11 is 0. The standard InChI is InChI=1S/C11H16F3N3/c1-17-9(7-8(16-17)11(12,13)14)10(15)5-3-2-4-6-10/h7H,2-6,15H2,1H3. The molecule has 1 aromatic rings. The Hall–Kier alpha value is -1.04. The van der Waals surface area contributed by atoms with Crippen molar-refractivity contribution in [2.45, 2.75) is 43.8 Å². The van der Waals surface area contributed by atoms with Gasteiger partial charge in [0.2, 0.25) is 0 Å². The Morgan fingerprint density at radius 1 is 1.29 bits per heavy atom. The third-order valence-electron chi connectivity index (χ3n) is 3.43. The fourth-order valence-corrected chi connectivity index (χ4v) is 2.51. The number of halogens is 3. The summed E-state index contributed by atoms with van der Waals surface area (Å²) in [6.07, 6.45) is 0.0731. The molecule has 1 aromatic heterocycles. The Morgan fingerprint density at radius 3 is 2.35 bits per heavy atom. The first-order valence-corrected chi connectivity index (χ1v) is 5.73. The third-order valence-corrected chi connectivity index (χ3v) is 3.43. The summed E-state index contributed by atoms with van der Waals surface area (Å²) in [7, 11) is 1.52. The van der Waals surface area contributed by atoms with Crippen molar-refractivity contribution >= 4 is 0 Å². The van der Waals surface area contributed by atoms with Gasteiger partial charge in [-0.05, 0) is 18.9 Å². The van der Waals surface area contributed by atoms with Gasteiger partial charge in [-0.25, -0.2) is 0 Å². The molecule has 1 aliphatic rings. The van der Waals surface area contributed by atoms with E-state index >= 15 is 0 Å². The molecule has 6 heteroatoms. The SMILES string of the molecule is Cn1nc(C(F)(F)F)cc1C1(N)CCCCC1. The van der Waals surface area contributed by atoms with Gasteiger partial charge >= 0.3 is 6.18 Å². The molecule has 0 unspecified atom stereocenters. The average Bonchev–Trinajstić information content (AvgIpc) is 2.61. The fraction of sp³-hybridized carbons (Fsp3) is 0.727. The van der Waals surface area contributed by atoms with Crippen LogP contribution in [0.2, 0.25) is 0 Å². The summed E-state index contributed by atoms with van der Waals surface area (Å²) in [6, 6.07) is 1.09. The van der Waals surface area contributed by atoms with E-state index in [0.29, 0.717) is 5.69 Å². The van der Waals surface area contributed by atoms with Crippen LogP contribution in [0.1, 0.15) is 43.5 Å². The zero-order valence-electron chi connectivity index (χ0n) is 9.72. The van der Waals surface area contributed by atoms with E-state index in [0.717, 1.165) is 38.2 Å². The van der Waals surface area contributed by atoms with Crippen LogP contribution in [0.4, 0.5) is 13.2 Å².